The summed E-state index contributed by atoms with van der Waals surface area (Å²) < 4.78 is 7.64. The van der Waals surface area contributed by atoms with Crippen LogP contribution < -0.4 is 0 Å². The highest BCUT2D eigenvalue weighted by Crippen LogP contribution is 2.22. The van der Waals surface area contributed by atoms with Gasteiger partial charge in [0.25, 0.3) is 0 Å². The maximum atomic E-state index is 8.91. The second-order valence-electron chi connectivity index (χ2n) is 5.77. The monoisotopic (exact) mass is 284 g/mol. The Labute approximate surface area is 124 Å². The number of aryl methyl sites for hydroxylation is 1. The van der Waals surface area contributed by atoms with Crippen molar-refractivity contribution in [2.75, 3.05) is 13.1 Å². The standard InChI is InChI=1S/C16H20N4O/c1-12(16-4-3-13(2)21-16)5-6-19-7-8-20-15(11-19)9-14(10-17)18-20/h3-4,9,12H,5-8,11H2,1-2H3. The number of hydrogen-bond donors (Lipinski definition) is 0. The fourth-order valence-electron chi connectivity index (χ4n) is 2.80. The first-order valence-electron chi connectivity index (χ1n) is 7.41. The highest BCUT2D eigenvalue weighted by Gasteiger charge is 2.19. The molecule has 0 radical (unpaired) electrons. The average molecular weight is 284 g/mol. The van der Waals surface area contributed by atoms with Gasteiger partial charge in [-0.05, 0) is 38.1 Å². The van der Waals surface area contributed by atoms with E-state index in [4.69, 9.17) is 9.68 Å². The predicted octanol–water partition coefficient (Wildman–Crippen LogP) is 2.67. The van der Waals surface area contributed by atoms with E-state index in [1.165, 1.54) is 0 Å². The van der Waals surface area contributed by atoms with E-state index in [1.807, 2.05) is 23.7 Å². The topological polar surface area (TPSA) is 58.0 Å². The molecule has 1 atom stereocenters. The van der Waals surface area contributed by atoms with Crippen molar-refractivity contribution >= 4 is 0 Å². The van der Waals surface area contributed by atoms with Crippen LogP contribution in [0.2, 0.25) is 0 Å². The summed E-state index contributed by atoms with van der Waals surface area (Å²) in [5.41, 5.74) is 1.66. The second kappa shape index (κ2) is 5.74. The van der Waals surface area contributed by atoms with E-state index in [1.54, 1.807) is 0 Å². The molecule has 2 aromatic heterocycles. The molecule has 1 aliphatic rings. The summed E-state index contributed by atoms with van der Waals surface area (Å²) in [6.07, 6.45) is 1.08. The van der Waals surface area contributed by atoms with Crippen LogP contribution in [0.5, 0.6) is 0 Å². The van der Waals surface area contributed by atoms with Crippen molar-refractivity contribution in [2.45, 2.75) is 39.3 Å². The summed E-state index contributed by atoms with van der Waals surface area (Å²) in [6, 6.07) is 8.10. The van der Waals surface area contributed by atoms with Crippen molar-refractivity contribution in [1.82, 2.24) is 14.7 Å². The van der Waals surface area contributed by atoms with Crippen LogP contribution in [0.4, 0.5) is 0 Å². The van der Waals surface area contributed by atoms with Crippen LogP contribution in [0.25, 0.3) is 0 Å². The number of nitriles is 1. The average Bonchev–Trinajstić information content (AvgIpc) is 3.09. The lowest BCUT2D eigenvalue weighted by molar-refractivity contribution is 0.205. The number of furan rings is 1. The Morgan fingerprint density at radius 3 is 3.00 bits per heavy atom. The second-order valence-corrected chi connectivity index (χ2v) is 5.77. The van der Waals surface area contributed by atoms with Gasteiger partial charge in [0.05, 0.1) is 12.2 Å². The molecule has 0 saturated carbocycles. The number of aromatic nitrogens is 2. The van der Waals surface area contributed by atoms with E-state index >= 15 is 0 Å². The van der Waals surface area contributed by atoms with Gasteiger partial charge in [-0.3, -0.25) is 9.58 Å². The lowest BCUT2D eigenvalue weighted by Crippen LogP contribution is -2.34. The summed E-state index contributed by atoms with van der Waals surface area (Å²) in [5.74, 6) is 2.48. The van der Waals surface area contributed by atoms with Crippen LogP contribution in [0.1, 0.15) is 42.2 Å². The van der Waals surface area contributed by atoms with Crippen molar-refractivity contribution in [3.63, 3.8) is 0 Å². The molecule has 2 aromatic rings. The van der Waals surface area contributed by atoms with E-state index in [-0.39, 0.29) is 0 Å². The van der Waals surface area contributed by atoms with Crippen LogP contribution in [0.15, 0.2) is 22.6 Å². The number of hydrogen-bond acceptors (Lipinski definition) is 4. The minimum atomic E-state index is 0.431. The molecular formula is C16H20N4O. The van der Waals surface area contributed by atoms with Gasteiger partial charge in [0.15, 0.2) is 5.69 Å². The minimum Gasteiger partial charge on any atom is -0.466 e. The summed E-state index contributed by atoms with van der Waals surface area (Å²) in [4.78, 5) is 2.42. The van der Waals surface area contributed by atoms with Gasteiger partial charge in [-0.1, -0.05) is 6.92 Å². The molecule has 3 rings (SSSR count). The zero-order valence-electron chi connectivity index (χ0n) is 12.5. The quantitative estimate of drug-likeness (QED) is 0.866. The molecule has 1 aliphatic heterocycles. The molecule has 0 N–H and O–H groups in total. The van der Waals surface area contributed by atoms with E-state index in [0.29, 0.717) is 11.6 Å². The molecule has 1 unspecified atom stereocenters. The summed E-state index contributed by atoms with van der Waals surface area (Å²) in [5, 5.41) is 13.2. The van der Waals surface area contributed by atoms with Crippen LogP contribution in [-0.4, -0.2) is 27.8 Å². The molecule has 110 valence electrons. The van der Waals surface area contributed by atoms with Crippen molar-refractivity contribution in [3.05, 3.63) is 41.1 Å². The van der Waals surface area contributed by atoms with Crippen molar-refractivity contribution < 1.29 is 4.42 Å². The molecule has 0 aromatic carbocycles. The largest absolute Gasteiger partial charge is 0.466 e. The van der Waals surface area contributed by atoms with Gasteiger partial charge in [0, 0.05) is 19.0 Å². The van der Waals surface area contributed by atoms with Gasteiger partial charge in [-0.15, -0.1) is 0 Å². The minimum absolute atomic E-state index is 0.431. The van der Waals surface area contributed by atoms with Crippen molar-refractivity contribution in [2.24, 2.45) is 0 Å². The molecule has 0 fully saturated rings. The zero-order valence-corrected chi connectivity index (χ0v) is 12.5. The van der Waals surface area contributed by atoms with Crippen LogP contribution in [-0.2, 0) is 13.1 Å². The van der Waals surface area contributed by atoms with Crippen molar-refractivity contribution in [1.29, 1.82) is 5.26 Å². The Balaban J connectivity index is 1.56. The van der Waals surface area contributed by atoms with Crippen LogP contribution >= 0.6 is 0 Å². The molecule has 5 nitrogen and oxygen atoms in total. The third-order valence-corrected chi connectivity index (χ3v) is 4.12. The van der Waals surface area contributed by atoms with Crippen LogP contribution in [0.3, 0.4) is 0 Å². The first-order chi connectivity index (χ1) is 10.2. The number of nitrogens with zero attached hydrogens (tertiary/aromatic N) is 4. The van der Waals surface area contributed by atoms with Gasteiger partial charge >= 0.3 is 0 Å². The first-order valence-corrected chi connectivity index (χ1v) is 7.41. The molecule has 5 heteroatoms. The highest BCUT2D eigenvalue weighted by molar-refractivity contribution is 5.23. The van der Waals surface area contributed by atoms with Gasteiger partial charge in [0.1, 0.15) is 17.6 Å². The molecule has 0 saturated heterocycles. The van der Waals surface area contributed by atoms with Crippen LogP contribution in [0, 0.1) is 18.3 Å². The van der Waals surface area contributed by atoms with Gasteiger partial charge in [0.2, 0.25) is 0 Å². The SMILES string of the molecule is Cc1ccc(C(C)CCN2CCn3nc(C#N)cc3C2)o1. The van der Waals surface area contributed by atoms with Crippen molar-refractivity contribution in [3.8, 4) is 6.07 Å². The van der Waals surface area contributed by atoms with E-state index in [9.17, 15) is 0 Å². The van der Waals surface area contributed by atoms with E-state index in [2.05, 4.69) is 29.1 Å². The maximum absolute atomic E-state index is 8.91. The third-order valence-electron chi connectivity index (χ3n) is 4.12. The van der Waals surface area contributed by atoms with E-state index in [0.717, 1.165) is 49.8 Å². The fourth-order valence-corrected chi connectivity index (χ4v) is 2.80. The lowest BCUT2D eigenvalue weighted by atomic mass is 10.0. The zero-order chi connectivity index (χ0) is 14.8. The molecule has 3 heterocycles. The van der Waals surface area contributed by atoms with Gasteiger partial charge in [-0.2, -0.15) is 10.4 Å². The lowest BCUT2D eigenvalue weighted by Gasteiger charge is -2.28. The summed E-state index contributed by atoms with van der Waals surface area (Å²) in [6.45, 7) is 7.95. The smallest absolute Gasteiger partial charge is 0.162 e. The first kappa shape index (κ1) is 13.9. The fraction of sp³-hybridized carbons (Fsp3) is 0.500. The third kappa shape index (κ3) is 3.01. The molecule has 0 bridgehead atoms. The van der Waals surface area contributed by atoms with E-state index < -0.39 is 0 Å². The molecule has 0 spiro atoms. The number of fused-ring (bicyclic) bond motifs is 1. The van der Waals surface area contributed by atoms with Gasteiger partial charge < -0.3 is 4.42 Å². The normalized spacial score (nSPS) is 16.4. The number of rotatable bonds is 4. The maximum Gasteiger partial charge on any atom is 0.162 e. The summed E-state index contributed by atoms with van der Waals surface area (Å²) >= 11 is 0. The summed E-state index contributed by atoms with van der Waals surface area (Å²) in [7, 11) is 0. The molecule has 0 aliphatic carbocycles. The Morgan fingerprint density at radius 1 is 1.43 bits per heavy atom. The van der Waals surface area contributed by atoms with Gasteiger partial charge in [-0.25, -0.2) is 0 Å². The Hall–Kier alpha value is -2.06. The Kier molecular flexibility index (Phi) is 3.80. The Morgan fingerprint density at radius 2 is 2.29 bits per heavy atom. The highest BCUT2D eigenvalue weighted by atomic mass is 16.3. The Bertz CT molecular complexity index is 664. The predicted molar refractivity (Wildman–Crippen MR) is 78.7 cm³/mol. The molecule has 21 heavy (non-hydrogen) atoms. The molecule has 0 amide bonds. The molecular weight excluding hydrogens is 264 g/mol.